The number of aromatic nitrogens is 3. The fourth-order valence-corrected chi connectivity index (χ4v) is 3.79. The summed E-state index contributed by atoms with van der Waals surface area (Å²) in [5.41, 5.74) is 2.21. The molecular formula is C19H22ClN5O3. The average Bonchev–Trinajstić information content (AvgIpc) is 3.15. The molecule has 9 heteroatoms. The summed E-state index contributed by atoms with van der Waals surface area (Å²) in [6.45, 7) is 3.68. The quantitative estimate of drug-likeness (QED) is 0.772. The second kappa shape index (κ2) is 7.89. The molecule has 1 atom stereocenters. The Morgan fingerprint density at radius 1 is 1.39 bits per heavy atom. The summed E-state index contributed by atoms with van der Waals surface area (Å²) in [6.07, 6.45) is 6.56. The fourth-order valence-electron chi connectivity index (χ4n) is 3.59. The molecule has 4 heterocycles. The molecule has 0 bridgehead atoms. The van der Waals surface area contributed by atoms with Crippen molar-refractivity contribution >= 4 is 29.9 Å². The molecule has 1 unspecified atom stereocenters. The van der Waals surface area contributed by atoms with Gasteiger partial charge in [0.2, 0.25) is 5.95 Å². The minimum atomic E-state index is -0.454. The van der Waals surface area contributed by atoms with E-state index in [1.54, 1.807) is 28.8 Å². The van der Waals surface area contributed by atoms with Gasteiger partial charge in [-0.05, 0) is 25.8 Å². The summed E-state index contributed by atoms with van der Waals surface area (Å²) in [5.74, 6) is 0.512. The normalized spacial score (nSPS) is 18.6. The molecule has 4 rings (SSSR count). The highest BCUT2D eigenvalue weighted by Crippen LogP contribution is 2.30. The Labute approximate surface area is 167 Å². The Bertz CT molecular complexity index is 894. The van der Waals surface area contributed by atoms with Gasteiger partial charge in [-0.15, -0.1) is 0 Å². The first-order chi connectivity index (χ1) is 13.6. The van der Waals surface area contributed by atoms with Crippen LogP contribution < -0.4 is 5.32 Å². The van der Waals surface area contributed by atoms with Gasteiger partial charge in [0.1, 0.15) is 6.29 Å². The molecule has 0 aliphatic carbocycles. The van der Waals surface area contributed by atoms with Gasteiger partial charge in [0.25, 0.3) is 0 Å². The highest BCUT2D eigenvalue weighted by molar-refractivity contribution is 6.32. The van der Waals surface area contributed by atoms with E-state index in [0.29, 0.717) is 29.6 Å². The Hall–Kier alpha value is -2.45. The first-order valence-corrected chi connectivity index (χ1v) is 9.79. The van der Waals surface area contributed by atoms with Gasteiger partial charge in [-0.2, -0.15) is 0 Å². The van der Waals surface area contributed by atoms with Gasteiger partial charge >= 0.3 is 6.03 Å². The van der Waals surface area contributed by atoms with E-state index in [0.717, 1.165) is 43.6 Å². The SMILES string of the molecule is CC(C=O)N1CCc2cc(-c3nc(NC4CCOCC4)ncc3Cl)cn2C1=O. The lowest BCUT2D eigenvalue weighted by molar-refractivity contribution is -0.111. The molecule has 0 aromatic carbocycles. The monoisotopic (exact) mass is 403 g/mol. The molecule has 2 aliphatic rings. The number of anilines is 1. The van der Waals surface area contributed by atoms with E-state index in [2.05, 4.69) is 15.3 Å². The van der Waals surface area contributed by atoms with Crippen molar-refractivity contribution in [1.82, 2.24) is 19.4 Å². The number of aldehydes is 1. The Kier molecular flexibility index (Phi) is 5.32. The van der Waals surface area contributed by atoms with E-state index in [1.807, 2.05) is 6.07 Å². The van der Waals surface area contributed by atoms with Gasteiger partial charge in [0, 0.05) is 49.7 Å². The van der Waals surface area contributed by atoms with Gasteiger partial charge in [-0.1, -0.05) is 11.6 Å². The molecule has 148 valence electrons. The predicted molar refractivity (Wildman–Crippen MR) is 105 cm³/mol. The third-order valence-electron chi connectivity index (χ3n) is 5.22. The van der Waals surface area contributed by atoms with E-state index in [9.17, 15) is 9.59 Å². The van der Waals surface area contributed by atoms with Crippen LogP contribution in [0.1, 0.15) is 25.5 Å². The van der Waals surface area contributed by atoms with Gasteiger partial charge in [-0.25, -0.2) is 14.8 Å². The Morgan fingerprint density at radius 2 is 2.18 bits per heavy atom. The second-order valence-electron chi connectivity index (χ2n) is 7.11. The molecule has 0 spiro atoms. The molecule has 1 saturated heterocycles. The molecule has 1 fully saturated rings. The number of carbonyl (C=O) groups is 2. The largest absolute Gasteiger partial charge is 0.381 e. The second-order valence-corrected chi connectivity index (χ2v) is 7.52. The number of nitrogens with zero attached hydrogens (tertiary/aromatic N) is 4. The van der Waals surface area contributed by atoms with Crippen LogP contribution in [0.25, 0.3) is 11.3 Å². The van der Waals surface area contributed by atoms with Gasteiger partial charge in [0.05, 0.1) is 23.0 Å². The van der Waals surface area contributed by atoms with Crippen LogP contribution in [0.3, 0.4) is 0 Å². The molecule has 0 radical (unpaired) electrons. The minimum Gasteiger partial charge on any atom is -0.381 e. The molecular weight excluding hydrogens is 382 g/mol. The summed E-state index contributed by atoms with van der Waals surface area (Å²) in [5, 5.41) is 3.76. The minimum absolute atomic E-state index is 0.210. The number of fused-ring (bicyclic) bond motifs is 1. The molecule has 1 amide bonds. The first kappa shape index (κ1) is 18.9. The van der Waals surface area contributed by atoms with E-state index < -0.39 is 6.04 Å². The van der Waals surface area contributed by atoms with Crippen LogP contribution >= 0.6 is 11.6 Å². The average molecular weight is 404 g/mol. The smallest absolute Gasteiger partial charge is 0.328 e. The number of nitrogens with one attached hydrogen (secondary N) is 1. The zero-order chi connectivity index (χ0) is 19.7. The Morgan fingerprint density at radius 3 is 2.93 bits per heavy atom. The van der Waals surface area contributed by atoms with Crippen LogP contribution in [0.4, 0.5) is 10.7 Å². The van der Waals surface area contributed by atoms with Crippen molar-refractivity contribution in [3.63, 3.8) is 0 Å². The lowest BCUT2D eigenvalue weighted by Crippen LogP contribution is -2.46. The van der Waals surface area contributed by atoms with E-state index in [4.69, 9.17) is 16.3 Å². The van der Waals surface area contributed by atoms with E-state index >= 15 is 0 Å². The zero-order valence-corrected chi connectivity index (χ0v) is 16.4. The maximum absolute atomic E-state index is 12.7. The number of hydrogen-bond donors (Lipinski definition) is 1. The van der Waals surface area contributed by atoms with Crippen molar-refractivity contribution in [2.45, 2.75) is 38.3 Å². The van der Waals surface area contributed by atoms with Crippen LogP contribution in [0.15, 0.2) is 18.5 Å². The maximum Gasteiger partial charge on any atom is 0.328 e. The number of carbonyl (C=O) groups excluding carboxylic acids is 2. The predicted octanol–water partition coefficient (Wildman–Crippen LogP) is 2.60. The number of rotatable bonds is 5. The summed E-state index contributed by atoms with van der Waals surface area (Å²) < 4.78 is 6.95. The molecule has 28 heavy (non-hydrogen) atoms. The third-order valence-corrected chi connectivity index (χ3v) is 5.50. The van der Waals surface area contributed by atoms with Crippen LogP contribution in [-0.4, -0.2) is 63.6 Å². The van der Waals surface area contributed by atoms with Crippen LogP contribution in [0.5, 0.6) is 0 Å². The summed E-state index contributed by atoms with van der Waals surface area (Å²) in [4.78, 5) is 34.2. The summed E-state index contributed by atoms with van der Waals surface area (Å²) in [7, 11) is 0. The zero-order valence-electron chi connectivity index (χ0n) is 15.6. The molecule has 0 saturated carbocycles. The number of hydrogen-bond acceptors (Lipinski definition) is 6. The molecule has 1 N–H and O–H groups in total. The number of ether oxygens (including phenoxy) is 1. The van der Waals surface area contributed by atoms with Crippen LogP contribution in [0.2, 0.25) is 5.02 Å². The fraction of sp³-hybridized carbons (Fsp3) is 0.474. The maximum atomic E-state index is 12.7. The lowest BCUT2D eigenvalue weighted by Gasteiger charge is -2.30. The van der Waals surface area contributed by atoms with Gasteiger partial charge in [-0.3, -0.25) is 4.57 Å². The molecule has 2 aromatic rings. The highest BCUT2D eigenvalue weighted by Gasteiger charge is 2.28. The topological polar surface area (TPSA) is 89.3 Å². The van der Waals surface area contributed by atoms with Crippen LogP contribution in [0, 0.1) is 0 Å². The molecule has 2 aromatic heterocycles. The summed E-state index contributed by atoms with van der Waals surface area (Å²) in [6, 6.07) is 1.53. The number of halogens is 1. The molecule has 8 nitrogen and oxygen atoms in total. The summed E-state index contributed by atoms with van der Waals surface area (Å²) >= 11 is 6.35. The lowest BCUT2D eigenvalue weighted by atomic mass is 10.1. The van der Waals surface area contributed by atoms with E-state index in [-0.39, 0.29) is 12.1 Å². The Balaban J connectivity index is 1.60. The van der Waals surface area contributed by atoms with Gasteiger partial charge in [0.15, 0.2) is 0 Å². The highest BCUT2D eigenvalue weighted by atomic mass is 35.5. The van der Waals surface area contributed by atoms with Crippen molar-refractivity contribution in [3.05, 3.63) is 29.2 Å². The third kappa shape index (κ3) is 3.62. The van der Waals surface area contributed by atoms with Gasteiger partial charge < -0.3 is 19.7 Å². The standard InChI is InChI=1S/C19H22ClN5O3/c1-12(11-26)24-5-2-15-8-13(10-25(15)19(24)27)17-16(20)9-21-18(23-17)22-14-3-6-28-7-4-14/h8-12,14H,2-7H2,1H3,(H,21,22,23). The number of amides is 1. The molecule has 2 aliphatic heterocycles. The van der Waals surface area contributed by atoms with E-state index in [1.165, 1.54) is 0 Å². The van der Waals surface area contributed by atoms with Crippen molar-refractivity contribution in [1.29, 1.82) is 0 Å². The van der Waals surface area contributed by atoms with Crippen molar-refractivity contribution in [3.8, 4) is 11.3 Å². The van der Waals surface area contributed by atoms with Crippen molar-refractivity contribution in [2.24, 2.45) is 0 Å². The first-order valence-electron chi connectivity index (χ1n) is 9.41. The van der Waals surface area contributed by atoms with Crippen molar-refractivity contribution in [2.75, 3.05) is 25.1 Å². The van der Waals surface area contributed by atoms with Crippen molar-refractivity contribution < 1.29 is 14.3 Å². The van der Waals surface area contributed by atoms with Crippen LogP contribution in [-0.2, 0) is 16.0 Å².